The quantitative estimate of drug-likeness (QED) is 0.126. The van der Waals surface area contributed by atoms with Gasteiger partial charge >= 0.3 is 19.5 Å². The monoisotopic (exact) mass is 1250 g/mol. The molecule has 0 aliphatic heterocycles. The van der Waals surface area contributed by atoms with Crippen molar-refractivity contribution in [1.82, 2.24) is 19.9 Å². The van der Waals surface area contributed by atoms with Gasteiger partial charge in [-0.15, -0.1) is 0 Å². The van der Waals surface area contributed by atoms with Crippen LogP contribution >= 0.6 is 0 Å². The van der Waals surface area contributed by atoms with Crippen LogP contribution in [0.3, 0.4) is 0 Å². The van der Waals surface area contributed by atoms with E-state index in [9.17, 15) is 12.6 Å². The molecule has 0 saturated carbocycles. The van der Waals surface area contributed by atoms with Crippen LogP contribution in [-0.2, 0) is 51.9 Å². The summed E-state index contributed by atoms with van der Waals surface area (Å²) in [6.07, 6.45) is 14.5. The minimum absolute atomic E-state index is 0. The first-order valence-corrected chi connectivity index (χ1v) is 34.0. The number of nitrogens with zero attached hydrogens (tertiary/aromatic N) is 4. The van der Waals surface area contributed by atoms with E-state index < -0.39 is 44.7 Å². The molecular formula is C74H74B2N4O3S3Zn. The van der Waals surface area contributed by atoms with Crippen molar-refractivity contribution in [1.29, 1.82) is 0 Å². The van der Waals surface area contributed by atoms with Gasteiger partial charge in [0.2, 0.25) is 0 Å². The van der Waals surface area contributed by atoms with E-state index in [1.54, 1.807) is 62.3 Å². The number of aromatic nitrogens is 4. The van der Waals surface area contributed by atoms with Crippen molar-refractivity contribution in [3.05, 3.63) is 340 Å². The van der Waals surface area contributed by atoms with E-state index in [1.165, 1.54) is 43.7 Å². The summed E-state index contributed by atoms with van der Waals surface area (Å²) in [6, 6.07) is 110. The van der Waals surface area contributed by atoms with Crippen LogP contribution in [0.5, 0.6) is 0 Å². The van der Waals surface area contributed by atoms with E-state index in [4.69, 9.17) is 0 Å². The third-order valence-electron chi connectivity index (χ3n) is 13.6. The first-order chi connectivity index (χ1) is 42.0. The number of hydrogen-bond donors (Lipinski definition) is 0. The van der Waals surface area contributed by atoms with E-state index in [2.05, 4.69) is 263 Å². The fourth-order valence-electron chi connectivity index (χ4n) is 10.3. The molecule has 12 rings (SSSR count). The fraction of sp³-hybridized carbons (Fsp3) is 0.0811. The molecule has 434 valence electrons. The molecule has 12 aromatic rings. The topological polar surface area (TPSA) is 103 Å². The SMILES string of the molecule is CS(C)=O.CS(C)=O.CS(C)=O.[Zn+2].c1ccc(-c2ccccn2)nc1.c1ccc(-c2ccccn2)nc1.c1ccc([B-](c2ccccc2)(c2ccccc2)c2ccccc2)cc1.c1ccc([B-](c2ccccc2)(c2ccccc2)c2ccccc2)cc1. The van der Waals surface area contributed by atoms with Crippen LogP contribution in [0.2, 0.25) is 0 Å². The predicted molar refractivity (Wildman–Crippen MR) is 375 cm³/mol. The van der Waals surface area contributed by atoms with E-state index in [0.29, 0.717) is 0 Å². The van der Waals surface area contributed by atoms with Crippen LogP contribution in [0.15, 0.2) is 340 Å². The summed E-state index contributed by atoms with van der Waals surface area (Å²) in [5, 5.41) is 0. The van der Waals surface area contributed by atoms with Gasteiger partial charge in [-0.05, 0) is 48.5 Å². The Hall–Kier alpha value is -8.44. The molecule has 8 aromatic carbocycles. The normalized spacial score (nSPS) is 10.3. The maximum Gasteiger partial charge on any atom is 2.00 e. The van der Waals surface area contributed by atoms with Crippen molar-refractivity contribution in [2.24, 2.45) is 0 Å². The molecule has 0 bridgehead atoms. The van der Waals surface area contributed by atoms with E-state index in [-0.39, 0.29) is 19.5 Å². The van der Waals surface area contributed by atoms with Crippen molar-refractivity contribution >= 4 is 88.4 Å². The Morgan fingerprint density at radius 2 is 0.322 bits per heavy atom. The van der Waals surface area contributed by atoms with Gasteiger partial charge in [0.1, 0.15) is 12.3 Å². The van der Waals surface area contributed by atoms with Crippen molar-refractivity contribution in [2.45, 2.75) is 0 Å². The van der Waals surface area contributed by atoms with Crippen molar-refractivity contribution in [3.8, 4) is 22.8 Å². The molecule has 0 atom stereocenters. The summed E-state index contributed by atoms with van der Waals surface area (Å²) in [5.74, 6) is 0. The van der Waals surface area contributed by atoms with Crippen molar-refractivity contribution in [3.63, 3.8) is 0 Å². The second kappa shape index (κ2) is 38.6. The first-order valence-electron chi connectivity index (χ1n) is 28.1. The number of rotatable bonds is 10. The Morgan fingerprint density at radius 1 is 0.207 bits per heavy atom. The average molecular weight is 1250 g/mol. The zero-order valence-corrected chi connectivity index (χ0v) is 55.8. The molecule has 7 nitrogen and oxygen atoms in total. The minimum Gasteiger partial charge on any atom is -0.260 e. The molecule has 0 unspecified atom stereocenters. The van der Waals surface area contributed by atoms with Crippen LogP contribution in [0, 0.1) is 0 Å². The Kier molecular flexibility index (Phi) is 30.7. The Bertz CT molecular complexity index is 3120. The van der Waals surface area contributed by atoms with E-state index in [0.717, 1.165) is 22.8 Å². The maximum absolute atomic E-state index is 9.56. The third kappa shape index (κ3) is 21.5. The Labute approximate surface area is 536 Å². The summed E-state index contributed by atoms with van der Waals surface area (Å²) in [6.45, 7) is 0. The molecule has 0 N–H and O–H groups in total. The van der Waals surface area contributed by atoms with Crippen LogP contribution in [0.4, 0.5) is 0 Å². The standard InChI is InChI=1S/2C24H20B.2C10H8N2.3C2H6OS.Zn/c2*1-5-13-21(14-6-1)25(22-15-7-2-8-16-22,23-17-9-3-10-18-23)24-19-11-4-12-20-24;2*1-3-7-11-9(5-1)10-6-2-4-8-12-10;3*1-4(2)3;/h2*1-20H;2*1-8H;3*1-2H3;/q2*-1;;;;;;+2. The maximum atomic E-state index is 9.56. The summed E-state index contributed by atoms with van der Waals surface area (Å²) in [7, 11) is -1.83. The van der Waals surface area contributed by atoms with Gasteiger partial charge in [0.05, 0.1) is 22.8 Å². The molecule has 4 heterocycles. The third-order valence-corrected chi connectivity index (χ3v) is 13.6. The molecule has 0 radical (unpaired) electrons. The molecule has 13 heteroatoms. The summed E-state index contributed by atoms with van der Waals surface area (Å²) in [4.78, 5) is 16.7. The largest absolute Gasteiger partial charge is 2.00 e. The van der Waals surface area contributed by atoms with Crippen LogP contribution < -0.4 is 43.7 Å². The van der Waals surface area contributed by atoms with Crippen molar-refractivity contribution < 1.29 is 32.1 Å². The Balaban J connectivity index is 0.000000206. The summed E-state index contributed by atoms with van der Waals surface area (Å²) < 4.78 is 28.7. The fourth-order valence-corrected chi connectivity index (χ4v) is 10.3. The van der Waals surface area contributed by atoms with Crippen LogP contribution in [0.25, 0.3) is 22.8 Å². The second-order valence-corrected chi connectivity index (χ2v) is 24.6. The van der Waals surface area contributed by atoms with Crippen molar-refractivity contribution in [2.75, 3.05) is 37.5 Å². The van der Waals surface area contributed by atoms with Gasteiger partial charge in [0.25, 0.3) is 0 Å². The van der Waals surface area contributed by atoms with Gasteiger partial charge in [-0.1, -0.05) is 267 Å². The van der Waals surface area contributed by atoms with Crippen LogP contribution in [0.1, 0.15) is 0 Å². The van der Waals surface area contributed by atoms with E-state index in [1.807, 2.05) is 72.8 Å². The average Bonchev–Trinajstić information content (AvgIpc) is 0.911. The minimum atomic E-state index is -1.22. The first kappa shape index (κ1) is 69.3. The molecule has 0 aliphatic carbocycles. The molecule has 0 spiro atoms. The zero-order chi connectivity index (χ0) is 61.1. The smallest absolute Gasteiger partial charge is 0.260 e. The predicted octanol–water partition coefficient (Wildman–Crippen LogP) is 10.4. The van der Waals surface area contributed by atoms with Gasteiger partial charge in [0.15, 0.2) is 0 Å². The molecule has 0 fully saturated rings. The van der Waals surface area contributed by atoms with Gasteiger partial charge in [-0.25, -0.2) is 0 Å². The molecule has 4 aromatic heterocycles. The molecule has 87 heavy (non-hydrogen) atoms. The van der Waals surface area contributed by atoms with Gasteiger partial charge < -0.3 is 0 Å². The Morgan fingerprint density at radius 3 is 0.425 bits per heavy atom. The molecule has 0 aliphatic rings. The number of pyridine rings is 4. The molecule has 0 saturated heterocycles. The number of hydrogen-bond acceptors (Lipinski definition) is 7. The zero-order valence-electron chi connectivity index (χ0n) is 50.4. The van der Waals surface area contributed by atoms with E-state index >= 15 is 0 Å². The number of benzene rings is 8. The van der Waals surface area contributed by atoms with Gasteiger partial charge in [0, 0.05) is 94.7 Å². The van der Waals surface area contributed by atoms with Crippen LogP contribution in [-0.4, -0.2) is 82.4 Å². The summed E-state index contributed by atoms with van der Waals surface area (Å²) >= 11 is 0. The van der Waals surface area contributed by atoms with Gasteiger partial charge in [-0.3, -0.25) is 32.6 Å². The summed E-state index contributed by atoms with van der Waals surface area (Å²) in [5.41, 5.74) is 14.4. The molecular weight excluding hydrogens is 1180 g/mol. The van der Waals surface area contributed by atoms with Gasteiger partial charge in [-0.2, -0.15) is 43.7 Å². The molecule has 0 amide bonds. The second-order valence-electron chi connectivity index (χ2n) is 20.1.